The molecule has 2 aromatic heterocycles. The molecule has 5 heterocycles. The first kappa shape index (κ1) is 30.7. The van der Waals surface area contributed by atoms with E-state index in [2.05, 4.69) is 49.2 Å². The van der Waals surface area contributed by atoms with Crippen molar-refractivity contribution in [2.75, 3.05) is 57.5 Å². The first-order chi connectivity index (χ1) is 23.5. The quantitative estimate of drug-likeness (QED) is 0.292. The van der Waals surface area contributed by atoms with Gasteiger partial charge in [0.1, 0.15) is 5.54 Å². The molecule has 0 bridgehead atoms. The van der Waals surface area contributed by atoms with Gasteiger partial charge in [-0.3, -0.25) is 24.4 Å². The Labute approximate surface area is 279 Å². The smallest absolute Gasteiger partial charge is 0.255 e. The third kappa shape index (κ3) is 5.97. The van der Waals surface area contributed by atoms with Crippen LogP contribution in [0.2, 0.25) is 0 Å². The van der Waals surface area contributed by atoms with Crippen molar-refractivity contribution in [3.8, 4) is 0 Å². The average molecular weight is 648 g/mol. The Morgan fingerprint density at radius 3 is 2.58 bits per heavy atom. The number of ketones is 1. The molecule has 1 spiro atoms. The Morgan fingerprint density at radius 1 is 0.958 bits per heavy atom. The van der Waals surface area contributed by atoms with E-state index in [1.165, 1.54) is 11.1 Å². The van der Waals surface area contributed by atoms with Crippen LogP contribution in [0.5, 0.6) is 0 Å². The summed E-state index contributed by atoms with van der Waals surface area (Å²) in [5.41, 5.74) is 3.92. The molecule has 11 heteroatoms. The monoisotopic (exact) mass is 647 g/mol. The lowest BCUT2D eigenvalue weighted by molar-refractivity contribution is -0.136. The molecule has 4 aliphatic rings. The van der Waals surface area contributed by atoms with Crippen LogP contribution in [0.25, 0.3) is 11.0 Å². The lowest BCUT2D eigenvalue weighted by Crippen LogP contribution is -2.57. The third-order valence-corrected chi connectivity index (χ3v) is 10.7. The largest absolute Gasteiger partial charge is 0.379 e. The van der Waals surface area contributed by atoms with Crippen molar-refractivity contribution in [2.45, 2.75) is 43.7 Å². The molecule has 3 saturated heterocycles. The summed E-state index contributed by atoms with van der Waals surface area (Å²) in [6.07, 6.45) is 5.70. The zero-order valence-corrected chi connectivity index (χ0v) is 27.1. The van der Waals surface area contributed by atoms with Gasteiger partial charge < -0.3 is 19.4 Å². The fraction of sp³-hybridized carbons (Fsp3) is 0.432. The second-order valence-electron chi connectivity index (χ2n) is 13.7. The third-order valence-electron chi connectivity index (χ3n) is 10.7. The molecule has 11 nitrogen and oxygen atoms in total. The van der Waals surface area contributed by atoms with E-state index in [1.54, 1.807) is 23.4 Å². The molecule has 2 atom stereocenters. The van der Waals surface area contributed by atoms with Gasteiger partial charge in [-0.1, -0.05) is 42.5 Å². The number of piperidine rings is 1. The minimum Gasteiger partial charge on any atom is -0.379 e. The van der Waals surface area contributed by atoms with Crippen LogP contribution in [-0.2, 0) is 20.9 Å². The minimum atomic E-state index is -0.797. The topological polar surface area (TPSA) is 115 Å². The number of amides is 2. The van der Waals surface area contributed by atoms with Crippen molar-refractivity contribution < 1.29 is 19.1 Å². The number of carbonyl (C=O) groups is 3. The van der Waals surface area contributed by atoms with Crippen molar-refractivity contribution >= 4 is 34.3 Å². The molecule has 4 aromatic rings. The minimum absolute atomic E-state index is 0.0172. The lowest BCUT2D eigenvalue weighted by Gasteiger charge is -2.43. The summed E-state index contributed by atoms with van der Waals surface area (Å²) < 4.78 is 5.49. The van der Waals surface area contributed by atoms with Gasteiger partial charge in [0.25, 0.3) is 5.91 Å². The van der Waals surface area contributed by atoms with Crippen LogP contribution in [0.3, 0.4) is 0 Å². The maximum atomic E-state index is 14.2. The number of para-hydroxylation sites is 1. The number of fused-ring (bicyclic) bond motifs is 1. The molecule has 2 aromatic carbocycles. The van der Waals surface area contributed by atoms with E-state index in [1.807, 2.05) is 35.2 Å². The Morgan fingerprint density at radius 2 is 1.77 bits per heavy atom. The molecule has 1 aliphatic carbocycles. The highest BCUT2D eigenvalue weighted by molar-refractivity contribution is 5.99. The molecule has 1 N–H and O–H groups in total. The van der Waals surface area contributed by atoms with Crippen LogP contribution in [0.1, 0.15) is 53.1 Å². The van der Waals surface area contributed by atoms with E-state index in [0.29, 0.717) is 62.1 Å². The molecular weight excluding hydrogens is 606 g/mol. The Balaban J connectivity index is 0.915. The number of benzene rings is 2. The second kappa shape index (κ2) is 12.8. The number of aromatic nitrogens is 3. The molecule has 0 unspecified atom stereocenters. The number of carbonyl (C=O) groups excluding carboxylic acids is 3. The number of anilines is 1. The van der Waals surface area contributed by atoms with E-state index in [4.69, 9.17) is 4.74 Å². The normalized spacial score (nSPS) is 22.5. The van der Waals surface area contributed by atoms with Crippen LogP contribution >= 0.6 is 0 Å². The van der Waals surface area contributed by atoms with Gasteiger partial charge in [-0.2, -0.15) is 5.10 Å². The van der Waals surface area contributed by atoms with E-state index >= 15 is 0 Å². The number of nitrogens with zero attached hydrogens (tertiary/aromatic N) is 6. The molecule has 3 aliphatic heterocycles. The van der Waals surface area contributed by atoms with Gasteiger partial charge in [-0.05, 0) is 60.4 Å². The van der Waals surface area contributed by atoms with Crippen LogP contribution < -0.4 is 4.90 Å². The fourth-order valence-corrected chi connectivity index (χ4v) is 7.93. The van der Waals surface area contributed by atoms with Crippen molar-refractivity contribution in [1.82, 2.24) is 29.9 Å². The zero-order valence-electron chi connectivity index (χ0n) is 27.1. The molecular formula is C37H41N7O4. The maximum absolute atomic E-state index is 14.2. The number of Topliss-reactive ketones (excluding diaryl/α,β-unsaturated/α-hetero) is 1. The number of hydrogen-bond donors (Lipinski definition) is 1. The summed E-state index contributed by atoms with van der Waals surface area (Å²) in [7, 11) is 0. The van der Waals surface area contributed by atoms with Crippen LogP contribution in [0, 0.1) is 5.92 Å². The van der Waals surface area contributed by atoms with Crippen molar-refractivity contribution in [3.63, 3.8) is 0 Å². The van der Waals surface area contributed by atoms with Gasteiger partial charge in [-0.25, -0.2) is 4.98 Å². The molecule has 48 heavy (non-hydrogen) atoms. The SMILES string of the molecule is O=C(C[C@H]1C[C@@H]1c1cccc(CN2CCOCC2)c1)CN1CN(c2ccccc2)C2(CCN(C(=O)c3cnc4[nH]ncc4c3)CC2)C1=O. The summed E-state index contributed by atoms with van der Waals surface area (Å²) in [5, 5.41) is 7.60. The number of hydrogen-bond acceptors (Lipinski definition) is 8. The summed E-state index contributed by atoms with van der Waals surface area (Å²) in [5.74, 6) is 0.704. The van der Waals surface area contributed by atoms with E-state index < -0.39 is 5.54 Å². The highest BCUT2D eigenvalue weighted by Crippen LogP contribution is 2.50. The van der Waals surface area contributed by atoms with Crippen molar-refractivity contribution in [3.05, 3.63) is 89.7 Å². The predicted octanol–water partition coefficient (Wildman–Crippen LogP) is 3.83. The molecule has 0 radical (unpaired) electrons. The van der Waals surface area contributed by atoms with Crippen molar-refractivity contribution in [2.24, 2.45) is 5.92 Å². The summed E-state index contributed by atoms with van der Waals surface area (Å²) in [6, 6.07) is 20.6. The van der Waals surface area contributed by atoms with Gasteiger partial charge in [0.05, 0.1) is 38.2 Å². The number of H-pyrrole nitrogens is 1. The first-order valence-corrected chi connectivity index (χ1v) is 17.1. The van der Waals surface area contributed by atoms with E-state index in [0.717, 1.165) is 50.3 Å². The number of morpholine rings is 1. The Kier molecular flexibility index (Phi) is 8.17. The summed E-state index contributed by atoms with van der Waals surface area (Å²) in [6.45, 7) is 5.77. The summed E-state index contributed by atoms with van der Waals surface area (Å²) in [4.78, 5) is 53.7. The molecule has 8 rings (SSSR count). The number of pyridine rings is 1. The maximum Gasteiger partial charge on any atom is 0.255 e. The lowest BCUT2D eigenvalue weighted by atomic mass is 9.85. The van der Waals surface area contributed by atoms with Crippen LogP contribution in [0.4, 0.5) is 5.69 Å². The highest BCUT2D eigenvalue weighted by atomic mass is 16.5. The standard InChI is InChI=1S/C37H41N7O4/c45-32(19-28-20-33(28)27-6-4-5-26(17-27)23-41-13-15-48-16-14-41)24-43-25-44(31-7-2-1-3-8-31)37(36(43)47)9-11-42(12-10-37)35(46)30-18-29-22-39-40-34(29)38-21-30/h1-8,17-18,21-22,28,33H,9-16,19-20,23-25H2,(H,38,39,40)/t28-,33+/m0/s1. The second-order valence-corrected chi connectivity index (χ2v) is 13.7. The Bertz CT molecular complexity index is 1810. The van der Waals surface area contributed by atoms with Gasteiger partial charge in [0.15, 0.2) is 11.4 Å². The molecule has 1 saturated carbocycles. The van der Waals surface area contributed by atoms with Gasteiger partial charge in [0, 0.05) is 56.4 Å². The summed E-state index contributed by atoms with van der Waals surface area (Å²) >= 11 is 0. The van der Waals surface area contributed by atoms with Crippen LogP contribution in [0.15, 0.2) is 73.1 Å². The molecule has 2 amide bonds. The van der Waals surface area contributed by atoms with Gasteiger partial charge >= 0.3 is 0 Å². The predicted molar refractivity (Wildman–Crippen MR) is 180 cm³/mol. The average Bonchev–Trinajstić information content (AvgIpc) is 3.63. The van der Waals surface area contributed by atoms with Crippen LogP contribution in [-0.4, -0.2) is 106 Å². The number of nitrogens with one attached hydrogen (secondary N) is 1. The highest BCUT2D eigenvalue weighted by Gasteiger charge is 2.54. The zero-order chi connectivity index (χ0) is 32.7. The fourth-order valence-electron chi connectivity index (χ4n) is 7.93. The number of rotatable bonds is 9. The van der Waals surface area contributed by atoms with E-state index in [-0.39, 0.29) is 24.1 Å². The number of likely N-dealkylation sites (tertiary alicyclic amines) is 1. The van der Waals surface area contributed by atoms with E-state index in [9.17, 15) is 14.4 Å². The number of aromatic amines is 1. The molecule has 4 fully saturated rings. The molecule has 248 valence electrons. The van der Waals surface area contributed by atoms with Gasteiger partial charge in [0.2, 0.25) is 5.91 Å². The first-order valence-electron chi connectivity index (χ1n) is 17.1. The van der Waals surface area contributed by atoms with Crippen molar-refractivity contribution in [1.29, 1.82) is 0 Å². The Hall–Kier alpha value is -4.61. The van der Waals surface area contributed by atoms with Gasteiger partial charge in [-0.15, -0.1) is 0 Å². The number of ether oxygens (including phenoxy) is 1.